The number of halogens is 1. The first kappa shape index (κ1) is 18.2. The highest BCUT2D eigenvalue weighted by Gasteiger charge is 2.40. The Morgan fingerprint density at radius 1 is 1.42 bits per heavy atom. The Hall–Kier alpha value is -2.19. The van der Waals surface area contributed by atoms with Gasteiger partial charge in [0.1, 0.15) is 5.60 Å². The molecule has 2 amide bonds. The van der Waals surface area contributed by atoms with Gasteiger partial charge in [-0.1, -0.05) is 12.1 Å². The number of nitrogens with zero attached hydrogens (tertiary/aromatic N) is 1. The largest absolute Gasteiger partial charge is 0.481 e. The normalized spacial score (nSPS) is 20.7. The van der Waals surface area contributed by atoms with Gasteiger partial charge < -0.3 is 24.8 Å². The molecule has 24 heavy (non-hydrogen) atoms. The van der Waals surface area contributed by atoms with Crippen LogP contribution in [0.2, 0.25) is 0 Å². The predicted molar refractivity (Wildman–Crippen MR) is 82.8 cm³/mol. The smallest absolute Gasteiger partial charge is 0.260 e. The zero-order chi connectivity index (χ0) is 17.6. The standard InChI is InChI=1S/C16H21FN2O5/c1-22-11-16(8-14(18)20)10-19(6-7-24-16)15(21)9-23-13-5-3-2-4-12(13)17/h2-5H,6-11H2,1H3,(H2,18,20)/t16-/m0/s1. The Bertz CT molecular complexity index is 594. The summed E-state index contributed by atoms with van der Waals surface area (Å²) in [7, 11) is 1.48. The highest BCUT2D eigenvalue weighted by molar-refractivity contribution is 5.78. The molecule has 1 aliphatic heterocycles. The summed E-state index contributed by atoms with van der Waals surface area (Å²) in [6.45, 7) is 0.587. The number of ether oxygens (including phenoxy) is 3. The van der Waals surface area contributed by atoms with Crippen molar-refractivity contribution in [3.8, 4) is 5.75 Å². The van der Waals surface area contributed by atoms with Crippen molar-refractivity contribution in [1.82, 2.24) is 4.90 Å². The van der Waals surface area contributed by atoms with Crippen LogP contribution >= 0.6 is 0 Å². The number of nitrogens with two attached hydrogens (primary N) is 1. The van der Waals surface area contributed by atoms with E-state index in [1.54, 1.807) is 6.07 Å². The van der Waals surface area contributed by atoms with Crippen molar-refractivity contribution < 1.29 is 28.2 Å². The van der Waals surface area contributed by atoms with Crippen LogP contribution in [0.1, 0.15) is 6.42 Å². The molecule has 1 aromatic carbocycles. The molecule has 0 unspecified atom stereocenters. The molecule has 1 aromatic rings. The van der Waals surface area contributed by atoms with Gasteiger partial charge in [-0.15, -0.1) is 0 Å². The number of para-hydroxylation sites is 1. The molecule has 2 rings (SSSR count). The maximum Gasteiger partial charge on any atom is 0.260 e. The lowest BCUT2D eigenvalue weighted by Gasteiger charge is -2.41. The third kappa shape index (κ3) is 4.65. The van der Waals surface area contributed by atoms with Gasteiger partial charge in [0.05, 0.1) is 26.2 Å². The van der Waals surface area contributed by atoms with Crippen molar-refractivity contribution in [3.05, 3.63) is 30.1 Å². The summed E-state index contributed by atoms with van der Waals surface area (Å²) in [4.78, 5) is 25.1. The first-order valence-electron chi connectivity index (χ1n) is 7.52. The second kappa shape index (κ2) is 8.07. The number of hydrogen-bond donors (Lipinski definition) is 1. The molecule has 0 aromatic heterocycles. The van der Waals surface area contributed by atoms with Gasteiger partial charge in [0.25, 0.3) is 5.91 Å². The van der Waals surface area contributed by atoms with Crippen LogP contribution in [0.3, 0.4) is 0 Å². The zero-order valence-electron chi connectivity index (χ0n) is 13.5. The fourth-order valence-corrected chi connectivity index (χ4v) is 2.68. The summed E-state index contributed by atoms with van der Waals surface area (Å²) in [5.74, 6) is -1.38. The van der Waals surface area contributed by atoms with Crippen LogP contribution in [-0.2, 0) is 19.1 Å². The third-order valence-electron chi connectivity index (χ3n) is 3.69. The molecule has 1 saturated heterocycles. The van der Waals surface area contributed by atoms with E-state index in [0.717, 1.165) is 0 Å². The van der Waals surface area contributed by atoms with E-state index in [2.05, 4.69) is 0 Å². The number of morpholine rings is 1. The lowest BCUT2D eigenvalue weighted by Crippen LogP contribution is -2.58. The molecule has 7 nitrogen and oxygen atoms in total. The zero-order valence-corrected chi connectivity index (χ0v) is 13.5. The average Bonchev–Trinajstić information content (AvgIpc) is 2.53. The molecule has 1 aliphatic rings. The fourth-order valence-electron chi connectivity index (χ4n) is 2.68. The highest BCUT2D eigenvalue weighted by Crippen LogP contribution is 2.23. The summed E-state index contributed by atoms with van der Waals surface area (Å²) < 4.78 is 29.5. The second-order valence-electron chi connectivity index (χ2n) is 5.64. The van der Waals surface area contributed by atoms with Crippen LogP contribution in [0.5, 0.6) is 5.75 Å². The summed E-state index contributed by atoms with van der Waals surface area (Å²) in [6, 6.07) is 5.86. The molecule has 0 saturated carbocycles. The Kier molecular flexibility index (Phi) is 6.10. The molecule has 0 spiro atoms. The Balaban J connectivity index is 1.98. The molecule has 1 heterocycles. The first-order chi connectivity index (χ1) is 11.5. The van der Waals surface area contributed by atoms with Crippen molar-refractivity contribution in [2.75, 3.05) is 40.0 Å². The van der Waals surface area contributed by atoms with Crippen LogP contribution in [0.4, 0.5) is 4.39 Å². The van der Waals surface area contributed by atoms with Crippen molar-refractivity contribution in [2.24, 2.45) is 5.73 Å². The lowest BCUT2D eigenvalue weighted by atomic mass is 9.97. The number of amides is 2. The third-order valence-corrected chi connectivity index (χ3v) is 3.69. The van der Waals surface area contributed by atoms with E-state index >= 15 is 0 Å². The Labute approximate surface area is 139 Å². The van der Waals surface area contributed by atoms with Crippen molar-refractivity contribution >= 4 is 11.8 Å². The lowest BCUT2D eigenvalue weighted by molar-refractivity contribution is -0.167. The van der Waals surface area contributed by atoms with Crippen molar-refractivity contribution in [2.45, 2.75) is 12.0 Å². The van der Waals surface area contributed by atoms with Crippen LogP contribution in [-0.4, -0.2) is 62.3 Å². The van der Waals surface area contributed by atoms with Gasteiger partial charge in [0.2, 0.25) is 5.91 Å². The van der Waals surface area contributed by atoms with E-state index in [-0.39, 0.29) is 44.4 Å². The van der Waals surface area contributed by atoms with Gasteiger partial charge in [-0.3, -0.25) is 9.59 Å². The highest BCUT2D eigenvalue weighted by atomic mass is 19.1. The molecule has 0 radical (unpaired) electrons. The van der Waals surface area contributed by atoms with E-state index in [9.17, 15) is 14.0 Å². The van der Waals surface area contributed by atoms with Gasteiger partial charge in [-0.05, 0) is 12.1 Å². The average molecular weight is 340 g/mol. The SMILES string of the molecule is COC[C@]1(CC(N)=O)CN(C(=O)COc2ccccc2F)CCO1. The van der Waals surface area contributed by atoms with Crippen molar-refractivity contribution in [1.29, 1.82) is 0 Å². The molecule has 1 fully saturated rings. The monoisotopic (exact) mass is 340 g/mol. The van der Waals surface area contributed by atoms with E-state index in [0.29, 0.717) is 6.54 Å². The van der Waals surface area contributed by atoms with E-state index in [4.69, 9.17) is 19.9 Å². The summed E-state index contributed by atoms with van der Waals surface area (Å²) >= 11 is 0. The van der Waals surface area contributed by atoms with Crippen LogP contribution in [0, 0.1) is 5.82 Å². The Morgan fingerprint density at radius 2 is 2.17 bits per heavy atom. The van der Waals surface area contributed by atoms with Gasteiger partial charge in [0.15, 0.2) is 18.2 Å². The topological polar surface area (TPSA) is 91.1 Å². The van der Waals surface area contributed by atoms with Crippen molar-refractivity contribution in [3.63, 3.8) is 0 Å². The fraction of sp³-hybridized carbons (Fsp3) is 0.500. The second-order valence-corrected chi connectivity index (χ2v) is 5.64. The molecule has 1 atom stereocenters. The molecule has 2 N–H and O–H groups in total. The number of hydrogen-bond acceptors (Lipinski definition) is 5. The van der Waals surface area contributed by atoms with Gasteiger partial charge in [-0.25, -0.2) is 4.39 Å². The summed E-state index contributed by atoms with van der Waals surface area (Å²) in [5.41, 5.74) is 4.30. The summed E-state index contributed by atoms with van der Waals surface area (Å²) in [5, 5.41) is 0. The number of benzene rings is 1. The molecular weight excluding hydrogens is 319 g/mol. The van der Waals surface area contributed by atoms with Gasteiger partial charge in [-0.2, -0.15) is 0 Å². The molecule has 132 valence electrons. The van der Waals surface area contributed by atoms with E-state index in [1.807, 2.05) is 0 Å². The first-order valence-corrected chi connectivity index (χ1v) is 7.52. The number of carbonyl (C=O) groups excluding carboxylic acids is 2. The van der Waals surface area contributed by atoms with E-state index in [1.165, 1.54) is 30.2 Å². The predicted octanol–water partition coefficient (Wildman–Crippen LogP) is 0.324. The van der Waals surface area contributed by atoms with Crippen LogP contribution in [0.15, 0.2) is 24.3 Å². The van der Waals surface area contributed by atoms with Gasteiger partial charge >= 0.3 is 0 Å². The van der Waals surface area contributed by atoms with E-state index < -0.39 is 17.3 Å². The molecule has 0 aliphatic carbocycles. The summed E-state index contributed by atoms with van der Waals surface area (Å²) in [6.07, 6.45) is -0.0568. The molecule has 8 heteroatoms. The number of rotatable bonds is 7. The maximum absolute atomic E-state index is 13.5. The minimum atomic E-state index is -0.966. The van der Waals surface area contributed by atoms with Crippen LogP contribution in [0.25, 0.3) is 0 Å². The molecule has 0 bridgehead atoms. The Morgan fingerprint density at radius 3 is 2.83 bits per heavy atom. The number of primary amides is 1. The maximum atomic E-state index is 13.5. The number of carbonyl (C=O) groups is 2. The van der Waals surface area contributed by atoms with Gasteiger partial charge in [0, 0.05) is 13.7 Å². The van der Waals surface area contributed by atoms with Crippen LogP contribution < -0.4 is 10.5 Å². The minimum Gasteiger partial charge on any atom is -0.481 e. The number of methoxy groups -OCH3 is 1. The molecular formula is C16H21FN2O5. The quantitative estimate of drug-likeness (QED) is 0.772. The minimum absolute atomic E-state index is 0.0133.